The molecule has 0 spiro atoms. The number of amides is 2. The van der Waals surface area contributed by atoms with Crippen molar-refractivity contribution in [2.45, 2.75) is 46.2 Å². The standard InChI is InChI=1S/C24H31Cl2N3O4S/c1-5-17-10-8-9-11-22(17)29(34(4,32)33)16-23(30)28(21(6-2)24(31)27-7-3)15-18-12-13-19(25)14-20(18)26/h8-14,21H,5-7,15-16H2,1-4H3,(H,27,31)/t21-/m1/s1. The molecular weight excluding hydrogens is 497 g/mol. The van der Waals surface area contributed by atoms with Crippen LogP contribution in [0.2, 0.25) is 10.0 Å². The first-order valence-corrected chi connectivity index (χ1v) is 13.7. The molecule has 1 atom stereocenters. The zero-order valence-electron chi connectivity index (χ0n) is 19.8. The lowest BCUT2D eigenvalue weighted by molar-refractivity contribution is -0.140. The van der Waals surface area contributed by atoms with E-state index in [4.69, 9.17) is 23.2 Å². The summed E-state index contributed by atoms with van der Waals surface area (Å²) in [5.74, 6) is -0.830. The van der Waals surface area contributed by atoms with E-state index in [1.807, 2.05) is 19.1 Å². The molecule has 0 fully saturated rings. The lowest BCUT2D eigenvalue weighted by Crippen LogP contribution is -2.52. The molecule has 2 aromatic rings. The van der Waals surface area contributed by atoms with E-state index in [0.29, 0.717) is 40.7 Å². The Labute approximate surface area is 212 Å². The van der Waals surface area contributed by atoms with Gasteiger partial charge < -0.3 is 10.2 Å². The van der Waals surface area contributed by atoms with Crippen LogP contribution >= 0.6 is 23.2 Å². The molecule has 2 rings (SSSR count). The van der Waals surface area contributed by atoms with E-state index in [1.54, 1.807) is 44.2 Å². The summed E-state index contributed by atoms with van der Waals surface area (Å²) in [6.45, 7) is 5.48. The van der Waals surface area contributed by atoms with Gasteiger partial charge in [-0.3, -0.25) is 13.9 Å². The molecule has 0 heterocycles. The number of anilines is 1. The molecule has 2 aromatic carbocycles. The van der Waals surface area contributed by atoms with Crippen LogP contribution in [0.15, 0.2) is 42.5 Å². The van der Waals surface area contributed by atoms with Crippen molar-refractivity contribution in [2.75, 3.05) is 23.7 Å². The number of hydrogen-bond acceptors (Lipinski definition) is 4. The van der Waals surface area contributed by atoms with Crippen LogP contribution in [0.3, 0.4) is 0 Å². The van der Waals surface area contributed by atoms with Crippen LogP contribution in [0.25, 0.3) is 0 Å². The van der Waals surface area contributed by atoms with Gasteiger partial charge in [-0.15, -0.1) is 0 Å². The maximum Gasteiger partial charge on any atom is 0.244 e. The van der Waals surface area contributed by atoms with Crippen LogP contribution < -0.4 is 9.62 Å². The lowest BCUT2D eigenvalue weighted by Gasteiger charge is -2.33. The van der Waals surface area contributed by atoms with Gasteiger partial charge in [0.2, 0.25) is 21.8 Å². The van der Waals surface area contributed by atoms with Crippen LogP contribution in [0.5, 0.6) is 0 Å². The molecule has 0 aromatic heterocycles. The third kappa shape index (κ3) is 7.10. The number of halogens is 2. The van der Waals surface area contributed by atoms with Crippen LogP contribution in [-0.4, -0.2) is 50.5 Å². The maximum atomic E-state index is 13.6. The summed E-state index contributed by atoms with van der Waals surface area (Å²) in [6, 6.07) is 11.2. The Balaban J connectivity index is 2.50. The molecule has 0 unspecified atom stereocenters. The number of nitrogens with one attached hydrogen (secondary N) is 1. The highest BCUT2D eigenvalue weighted by Gasteiger charge is 2.32. The minimum atomic E-state index is -3.79. The molecule has 10 heteroatoms. The van der Waals surface area contributed by atoms with E-state index >= 15 is 0 Å². The predicted molar refractivity (Wildman–Crippen MR) is 138 cm³/mol. The third-order valence-corrected chi connectivity index (χ3v) is 7.13. The Morgan fingerprint density at radius 1 is 1.03 bits per heavy atom. The SMILES string of the molecule is CCNC(=O)[C@@H](CC)N(Cc1ccc(Cl)cc1Cl)C(=O)CN(c1ccccc1CC)S(C)(=O)=O. The minimum absolute atomic E-state index is 0.0253. The summed E-state index contributed by atoms with van der Waals surface area (Å²) in [5, 5.41) is 3.56. The molecule has 7 nitrogen and oxygen atoms in total. The fourth-order valence-corrected chi connectivity index (χ4v) is 5.04. The summed E-state index contributed by atoms with van der Waals surface area (Å²) in [4.78, 5) is 27.8. The Hall–Kier alpha value is -2.29. The molecule has 34 heavy (non-hydrogen) atoms. The molecule has 0 saturated carbocycles. The van der Waals surface area contributed by atoms with Crippen molar-refractivity contribution in [3.63, 3.8) is 0 Å². The van der Waals surface area contributed by atoms with E-state index < -0.39 is 28.5 Å². The number of carbonyl (C=O) groups excluding carboxylic acids is 2. The van der Waals surface area contributed by atoms with E-state index in [0.717, 1.165) is 16.1 Å². The Bertz CT molecular complexity index is 1120. The van der Waals surface area contributed by atoms with E-state index in [9.17, 15) is 18.0 Å². The predicted octanol–water partition coefficient (Wildman–Crippen LogP) is 4.27. The van der Waals surface area contributed by atoms with Gasteiger partial charge in [-0.2, -0.15) is 0 Å². The van der Waals surface area contributed by atoms with E-state index in [-0.39, 0.29) is 12.5 Å². The second-order valence-electron chi connectivity index (χ2n) is 7.83. The van der Waals surface area contributed by atoms with Gasteiger partial charge in [0.25, 0.3) is 0 Å². The first kappa shape index (κ1) is 28.0. The molecule has 0 saturated heterocycles. The van der Waals surface area contributed by atoms with E-state index in [2.05, 4.69) is 5.32 Å². The summed E-state index contributed by atoms with van der Waals surface area (Å²) in [7, 11) is -3.79. The summed E-state index contributed by atoms with van der Waals surface area (Å²) in [5.41, 5.74) is 1.84. The second-order valence-corrected chi connectivity index (χ2v) is 10.6. The Morgan fingerprint density at radius 2 is 1.71 bits per heavy atom. The van der Waals surface area contributed by atoms with Gasteiger partial charge in [0.15, 0.2) is 0 Å². The van der Waals surface area contributed by atoms with Gasteiger partial charge in [-0.05, 0) is 49.1 Å². The monoisotopic (exact) mass is 527 g/mol. The van der Waals surface area contributed by atoms with Crippen molar-refractivity contribution in [3.05, 3.63) is 63.6 Å². The molecular formula is C24H31Cl2N3O4S. The number of para-hydroxylation sites is 1. The number of rotatable bonds is 11. The minimum Gasteiger partial charge on any atom is -0.355 e. The van der Waals surface area contributed by atoms with Crippen LogP contribution in [0.4, 0.5) is 5.69 Å². The van der Waals surface area contributed by atoms with Crippen molar-refractivity contribution in [1.82, 2.24) is 10.2 Å². The number of likely N-dealkylation sites (N-methyl/N-ethyl adjacent to an activating group) is 1. The number of nitrogens with zero attached hydrogens (tertiary/aromatic N) is 2. The zero-order valence-corrected chi connectivity index (χ0v) is 22.2. The summed E-state index contributed by atoms with van der Waals surface area (Å²) >= 11 is 12.4. The van der Waals surface area contributed by atoms with Crippen molar-refractivity contribution < 1.29 is 18.0 Å². The van der Waals surface area contributed by atoms with Gasteiger partial charge in [0.05, 0.1) is 11.9 Å². The van der Waals surface area contributed by atoms with Gasteiger partial charge in [-0.25, -0.2) is 8.42 Å². The average Bonchev–Trinajstić information content (AvgIpc) is 2.78. The first-order valence-electron chi connectivity index (χ1n) is 11.1. The maximum absolute atomic E-state index is 13.6. The van der Waals surface area contributed by atoms with E-state index in [1.165, 1.54) is 4.90 Å². The van der Waals surface area contributed by atoms with Gasteiger partial charge in [0, 0.05) is 23.1 Å². The summed E-state index contributed by atoms with van der Waals surface area (Å²) < 4.78 is 26.5. The van der Waals surface area contributed by atoms with Gasteiger partial charge >= 0.3 is 0 Å². The number of carbonyl (C=O) groups is 2. The van der Waals surface area contributed by atoms with Crippen LogP contribution in [-0.2, 0) is 32.6 Å². The van der Waals surface area contributed by atoms with Crippen molar-refractivity contribution in [1.29, 1.82) is 0 Å². The number of sulfonamides is 1. The number of benzene rings is 2. The van der Waals surface area contributed by atoms with Gasteiger partial charge in [0.1, 0.15) is 12.6 Å². The molecule has 0 aliphatic rings. The average molecular weight is 529 g/mol. The molecule has 0 aliphatic carbocycles. The first-order chi connectivity index (χ1) is 16.0. The Morgan fingerprint density at radius 3 is 2.26 bits per heavy atom. The smallest absolute Gasteiger partial charge is 0.244 e. The zero-order chi connectivity index (χ0) is 25.5. The van der Waals surface area contributed by atoms with Crippen LogP contribution in [0, 0.1) is 0 Å². The fourth-order valence-electron chi connectivity index (χ4n) is 3.69. The third-order valence-electron chi connectivity index (χ3n) is 5.41. The summed E-state index contributed by atoms with van der Waals surface area (Å²) in [6.07, 6.45) is 2.00. The molecule has 0 bridgehead atoms. The highest BCUT2D eigenvalue weighted by Crippen LogP contribution is 2.26. The highest BCUT2D eigenvalue weighted by atomic mass is 35.5. The second kappa shape index (κ2) is 12.4. The number of hydrogen-bond donors (Lipinski definition) is 1. The Kier molecular flexibility index (Phi) is 10.2. The molecule has 2 amide bonds. The molecule has 0 aliphatic heterocycles. The molecule has 1 N–H and O–H groups in total. The topological polar surface area (TPSA) is 86.8 Å². The van der Waals surface area contributed by atoms with Crippen molar-refractivity contribution in [3.8, 4) is 0 Å². The van der Waals surface area contributed by atoms with Crippen LogP contribution in [0.1, 0.15) is 38.3 Å². The number of aryl methyl sites for hydroxylation is 1. The highest BCUT2D eigenvalue weighted by molar-refractivity contribution is 7.92. The fraction of sp³-hybridized carbons (Fsp3) is 0.417. The van der Waals surface area contributed by atoms with Gasteiger partial charge in [-0.1, -0.05) is 61.3 Å². The van der Waals surface area contributed by atoms with Crippen molar-refractivity contribution in [2.24, 2.45) is 0 Å². The van der Waals surface area contributed by atoms with Crippen molar-refractivity contribution >= 4 is 50.7 Å². The molecule has 0 radical (unpaired) electrons. The quantitative estimate of drug-likeness (QED) is 0.472. The normalized spacial score (nSPS) is 12.2. The largest absolute Gasteiger partial charge is 0.355 e. The lowest BCUT2D eigenvalue weighted by atomic mass is 10.1. The molecule has 186 valence electrons.